The summed E-state index contributed by atoms with van der Waals surface area (Å²) in [6, 6.07) is 6.91. The maximum absolute atomic E-state index is 13.4. The van der Waals surface area contributed by atoms with E-state index in [4.69, 9.17) is 10.3 Å². The Balaban J connectivity index is 1.33. The van der Waals surface area contributed by atoms with E-state index in [1.165, 1.54) is 0 Å². The van der Waals surface area contributed by atoms with Gasteiger partial charge in [0, 0.05) is 37.7 Å². The minimum Gasteiger partial charge on any atom is -0.508 e. The fraction of sp³-hybridized carbons (Fsp3) is 0.520. The van der Waals surface area contributed by atoms with Crippen molar-refractivity contribution >= 4 is 17.7 Å². The monoisotopic (exact) mass is 483 g/mol. The van der Waals surface area contributed by atoms with Gasteiger partial charge in [-0.2, -0.15) is 0 Å². The maximum atomic E-state index is 13.4. The number of nitrogens with zero attached hydrogens (tertiary/aromatic N) is 2. The second-order valence-electron chi connectivity index (χ2n) is 9.49. The topological polar surface area (TPSA) is 151 Å². The third-order valence-corrected chi connectivity index (χ3v) is 6.71. The minimum absolute atomic E-state index is 0.0524. The second-order valence-corrected chi connectivity index (χ2v) is 9.49. The Hall–Kier alpha value is -3.40. The fourth-order valence-corrected chi connectivity index (χ4v) is 4.40. The number of phenols is 1. The number of aromatic hydroxyl groups is 1. The van der Waals surface area contributed by atoms with Crippen LogP contribution in [-0.2, 0) is 16.0 Å². The highest BCUT2D eigenvalue weighted by Gasteiger charge is 2.31. The standard InChI is InChI=1S/C25H33N5O5/c1-15-10-16(2-5-21(15)31)11-18(14-27-23(32)13-26)25(34)30-8-6-19(7-9-30)28-24(33)20-12-22(35-29-20)17-3-4-17/h2,5,10,12,17-19,31H,3-4,6-9,11,13-14,26H2,1H3,(H,27,32)(H,28,33)/t18-/m1/s1. The van der Waals surface area contributed by atoms with Crippen LogP contribution in [0.15, 0.2) is 28.8 Å². The van der Waals surface area contributed by atoms with Crippen LogP contribution in [0.1, 0.15) is 59.0 Å². The molecule has 1 aliphatic heterocycles. The lowest BCUT2D eigenvalue weighted by Gasteiger charge is -2.34. The summed E-state index contributed by atoms with van der Waals surface area (Å²) < 4.78 is 5.27. The Morgan fingerprint density at radius 3 is 2.60 bits per heavy atom. The van der Waals surface area contributed by atoms with Gasteiger partial charge in [-0.1, -0.05) is 17.3 Å². The number of aromatic nitrogens is 1. The van der Waals surface area contributed by atoms with Crippen molar-refractivity contribution in [1.29, 1.82) is 0 Å². The molecule has 1 aromatic carbocycles. The van der Waals surface area contributed by atoms with Gasteiger partial charge in [0.25, 0.3) is 5.91 Å². The minimum atomic E-state index is -0.462. The highest BCUT2D eigenvalue weighted by molar-refractivity contribution is 5.92. The van der Waals surface area contributed by atoms with E-state index in [-0.39, 0.29) is 42.6 Å². The third kappa shape index (κ3) is 6.39. The number of carbonyl (C=O) groups excluding carboxylic acids is 3. The van der Waals surface area contributed by atoms with Crippen LogP contribution in [0.4, 0.5) is 0 Å². The van der Waals surface area contributed by atoms with Gasteiger partial charge < -0.3 is 30.9 Å². The van der Waals surface area contributed by atoms with Gasteiger partial charge in [0.15, 0.2) is 5.69 Å². The van der Waals surface area contributed by atoms with Gasteiger partial charge in [-0.3, -0.25) is 14.4 Å². The molecule has 10 nitrogen and oxygen atoms in total. The van der Waals surface area contributed by atoms with Crippen LogP contribution >= 0.6 is 0 Å². The van der Waals surface area contributed by atoms with Gasteiger partial charge in [0.2, 0.25) is 11.8 Å². The van der Waals surface area contributed by atoms with Crippen molar-refractivity contribution in [2.24, 2.45) is 11.7 Å². The first kappa shape index (κ1) is 24.7. The first-order valence-corrected chi connectivity index (χ1v) is 12.2. The van der Waals surface area contributed by atoms with Gasteiger partial charge >= 0.3 is 0 Å². The first-order valence-electron chi connectivity index (χ1n) is 12.2. The van der Waals surface area contributed by atoms with Gasteiger partial charge in [0.1, 0.15) is 11.5 Å². The average molecular weight is 484 g/mol. The summed E-state index contributed by atoms with van der Waals surface area (Å²) in [5, 5.41) is 19.4. The number of benzene rings is 1. The normalized spacial score (nSPS) is 17.1. The molecule has 2 fully saturated rings. The number of likely N-dealkylation sites (tertiary alicyclic amines) is 1. The van der Waals surface area contributed by atoms with Gasteiger partial charge in [-0.15, -0.1) is 0 Å². The van der Waals surface area contributed by atoms with Crippen molar-refractivity contribution in [2.75, 3.05) is 26.2 Å². The Kier molecular flexibility index (Phi) is 7.70. The van der Waals surface area contributed by atoms with E-state index in [1.54, 1.807) is 30.0 Å². The molecule has 35 heavy (non-hydrogen) atoms. The Bertz CT molecular complexity index is 1070. The molecule has 0 unspecified atom stereocenters. The third-order valence-electron chi connectivity index (χ3n) is 6.71. The van der Waals surface area contributed by atoms with E-state index in [2.05, 4.69) is 15.8 Å². The summed E-state index contributed by atoms with van der Waals surface area (Å²) >= 11 is 0. The number of piperidine rings is 1. The molecule has 1 atom stereocenters. The lowest BCUT2D eigenvalue weighted by Crippen LogP contribution is -2.50. The molecule has 2 aliphatic rings. The summed E-state index contributed by atoms with van der Waals surface area (Å²) in [6.07, 6.45) is 3.84. The van der Waals surface area contributed by atoms with E-state index in [0.717, 1.165) is 29.7 Å². The average Bonchev–Trinajstić information content (AvgIpc) is 3.59. The van der Waals surface area contributed by atoms with Crippen LogP contribution in [0.25, 0.3) is 0 Å². The van der Waals surface area contributed by atoms with Gasteiger partial charge in [0.05, 0.1) is 12.5 Å². The number of phenolic OH excluding ortho intramolecular Hbond substituents is 1. The predicted molar refractivity (Wildman–Crippen MR) is 128 cm³/mol. The first-order chi connectivity index (χ1) is 16.8. The van der Waals surface area contributed by atoms with Crippen LogP contribution in [0, 0.1) is 12.8 Å². The van der Waals surface area contributed by atoms with Gasteiger partial charge in [-0.05, 0) is 56.2 Å². The molecule has 1 saturated carbocycles. The van der Waals surface area contributed by atoms with E-state index >= 15 is 0 Å². The lowest BCUT2D eigenvalue weighted by atomic mass is 9.95. The summed E-state index contributed by atoms with van der Waals surface area (Å²) in [7, 11) is 0. The zero-order valence-corrected chi connectivity index (χ0v) is 20.0. The van der Waals surface area contributed by atoms with E-state index < -0.39 is 5.92 Å². The van der Waals surface area contributed by atoms with Crippen LogP contribution in [0.5, 0.6) is 5.75 Å². The van der Waals surface area contributed by atoms with Crippen molar-refractivity contribution in [1.82, 2.24) is 20.7 Å². The number of carbonyl (C=O) groups is 3. The molecule has 0 radical (unpaired) electrons. The van der Waals surface area contributed by atoms with E-state index in [1.807, 2.05) is 6.07 Å². The number of rotatable bonds is 9. The van der Waals surface area contributed by atoms with Crippen molar-refractivity contribution in [3.63, 3.8) is 0 Å². The van der Waals surface area contributed by atoms with Gasteiger partial charge in [-0.25, -0.2) is 0 Å². The maximum Gasteiger partial charge on any atom is 0.273 e. The van der Waals surface area contributed by atoms with Crippen LogP contribution in [-0.4, -0.2) is 65.1 Å². The molecule has 0 bridgehead atoms. The molecule has 3 amide bonds. The predicted octanol–water partition coefficient (Wildman–Crippen LogP) is 1.22. The summed E-state index contributed by atoms with van der Waals surface area (Å²) in [5.74, 6) is 0.282. The Labute approximate surface area is 204 Å². The molecule has 10 heteroatoms. The smallest absolute Gasteiger partial charge is 0.273 e. The zero-order valence-electron chi connectivity index (χ0n) is 20.0. The lowest BCUT2D eigenvalue weighted by molar-refractivity contribution is -0.136. The molecule has 1 aromatic heterocycles. The molecule has 2 aromatic rings. The molecular weight excluding hydrogens is 450 g/mol. The molecule has 5 N–H and O–H groups in total. The number of hydrogen-bond acceptors (Lipinski definition) is 7. The molecule has 1 aliphatic carbocycles. The Morgan fingerprint density at radius 2 is 1.94 bits per heavy atom. The molecular formula is C25H33N5O5. The fourth-order valence-electron chi connectivity index (χ4n) is 4.40. The zero-order chi connectivity index (χ0) is 24.9. The molecule has 0 spiro atoms. The highest BCUT2D eigenvalue weighted by Crippen LogP contribution is 2.40. The van der Waals surface area contributed by atoms with Crippen LogP contribution in [0.2, 0.25) is 0 Å². The Morgan fingerprint density at radius 1 is 1.20 bits per heavy atom. The summed E-state index contributed by atoms with van der Waals surface area (Å²) in [6.45, 7) is 2.85. The molecule has 1 saturated heterocycles. The van der Waals surface area contributed by atoms with E-state index in [0.29, 0.717) is 44.0 Å². The molecule has 188 valence electrons. The number of aryl methyl sites for hydroxylation is 1. The summed E-state index contributed by atoms with van der Waals surface area (Å²) in [4.78, 5) is 39.4. The number of nitrogens with one attached hydrogen (secondary N) is 2. The van der Waals surface area contributed by atoms with Crippen molar-refractivity contribution in [3.8, 4) is 5.75 Å². The molecule has 4 rings (SSSR count). The van der Waals surface area contributed by atoms with Crippen molar-refractivity contribution < 1.29 is 24.0 Å². The SMILES string of the molecule is Cc1cc(C[C@H](CNC(=O)CN)C(=O)N2CCC(NC(=O)c3cc(C4CC4)on3)CC2)ccc1O. The second kappa shape index (κ2) is 10.9. The van der Waals surface area contributed by atoms with Crippen molar-refractivity contribution in [3.05, 3.63) is 46.8 Å². The summed E-state index contributed by atoms with van der Waals surface area (Å²) in [5.41, 5.74) is 7.33. The quantitative estimate of drug-likeness (QED) is 0.419. The largest absolute Gasteiger partial charge is 0.508 e. The van der Waals surface area contributed by atoms with Crippen LogP contribution in [0.3, 0.4) is 0 Å². The van der Waals surface area contributed by atoms with Crippen LogP contribution < -0.4 is 16.4 Å². The highest BCUT2D eigenvalue weighted by atomic mass is 16.5. The number of nitrogens with two attached hydrogens (primary N) is 1. The van der Waals surface area contributed by atoms with E-state index in [9.17, 15) is 19.5 Å². The van der Waals surface area contributed by atoms with Crippen molar-refractivity contribution in [2.45, 2.75) is 51.0 Å². The number of amides is 3. The number of hydrogen-bond donors (Lipinski definition) is 4. The molecule has 2 heterocycles.